The Hall–Kier alpha value is -0.220. The highest BCUT2D eigenvalue weighted by atomic mass is 19.3. The van der Waals surface area contributed by atoms with Crippen molar-refractivity contribution in [2.24, 2.45) is 5.92 Å². The van der Waals surface area contributed by atoms with E-state index in [-0.39, 0.29) is 0 Å². The Balaban J connectivity index is 3.88. The van der Waals surface area contributed by atoms with Crippen LogP contribution in [0.2, 0.25) is 0 Å². The maximum absolute atomic E-state index is 11.6. The number of aliphatic hydroxyl groups excluding tert-OH is 1. The zero-order chi connectivity index (χ0) is 7.65. The van der Waals surface area contributed by atoms with Gasteiger partial charge in [0, 0.05) is 0 Å². The first-order valence-corrected chi connectivity index (χ1v) is 2.62. The molecule has 0 heterocycles. The van der Waals surface area contributed by atoms with Gasteiger partial charge in [0.15, 0.2) is 0 Å². The standard InChI is InChI=1S/C5H9F2O2/c1-3(2)4(8)5(6,7)9/h3-4,8H,1-2H3. The van der Waals surface area contributed by atoms with Crippen LogP contribution in [-0.4, -0.2) is 17.3 Å². The Morgan fingerprint density at radius 2 is 1.78 bits per heavy atom. The van der Waals surface area contributed by atoms with Crippen molar-refractivity contribution in [3.8, 4) is 0 Å². The minimum atomic E-state index is -4.21. The van der Waals surface area contributed by atoms with Gasteiger partial charge in [-0.25, -0.2) is 0 Å². The number of hydrogen-bond acceptors (Lipinski definition) is 1. The number of aliphatic hydroxyl groups is 1. The maximum atomic E-state index is 11.6. The number of halogens is 2. The largest absolute Gasteiger partial charge is 0.406 e. The molecule has 0 rings (SSSR count). The summed E-state index contributed by atoms with van der Waals surface area (Å²) < 4.78 is 23.1. The Bertz CT molecular complexity index is 87.4. The minimum absolute atomic E-state index is 0.697. The molecule has 0 aromatic heterocycles. The molecule has 0 amide bonds. The van der Waals surface area contributed by atoms with Crippen LogP contribution in [0, 0.1) is 5.92 Å². The Morgan fingerprint density at radius 3 is 1.78 bits per heavy atom. The lowest BCUT2D eigenvalue weighted by Crippen LogP contribution is -2.35. The molecule has 1 atom stereocenters. The molecular weight excluding hydrogens is 130 g/mol. The van der Waals surface area contributed by atoms with E-state index in [1.165, 1.54) is 13.8 Å². The van der Waals surface area contributed by atoms with E-state index in [2.05, 4.69) is 0 Å². The first-order chi connectivity index (χ1) is 3.85. The van der Waals surface area contributed by atoms with E-state index in [0.717, 1.165) is 0 Å². The van der Waals surface area contributed by atoms with Crippen LogP contribution in [0.15, 0.2) is 0 Å². The quantitative estimate of drug-likeness (QED) is 0.609. The topological polar surface area (TPSA) is 40.1 Å². The molecule has 0 fully saturated rings. The third-order valence-corrected chi connectivity index (χ3v) is 0.976. The Morgan fingerprint density at radius 1 is 1.44 bits per heavy atom. The van der Waals surface area contributed by atoms with Crippen molar-refractivity contribution < 1.29 is 19.0 Å². The van der Waals surface area contributed by atoms with Gasteiger partial charge < -0.3 is 5.11 Å². The van der Waals surface area contributed by atoms with Gasteiger partial charge in [0.1, 0.15) is 6.10 Å². The molecule has 2 nitrogen and oxygen atoms in total. The summed E-state index contributed by atoms with van der Waals surface area (Å²) in [5.74, 6) is -0.697. The lowest BCUT2D eigenvalue weighted by molar-refractivity contribution is -0.301. The molecule has 0 aliphatic carbocycles. The lowest BCUT2D eigenvalue weighted by Gasteiger charge is -2.17. The summed E-state index contributed by atoms with van der Waals surface area (Å²) in [6.07, 6.45) is -6.29. The first kappa shape index (κ1) is 8.78. The zero-order valence-corrected chi connectivity index (χ0v) is 5.27. The third kappa shape index (κ3) is 2.72. The molecule has 1 radical (unpaired) electrons. The van der Waals surface area contributed by atoms with E-state index in [1.807, 2.05) is 0 Å². The van der Waals surface area contributed by atoms with Crippen molar-refractivity contribution >= 4 is 0 Å². The van der Waals surface area contributed by atoms with Crippen LogP contribution in [0.3, 0.4) is 0 Å². The van der Waals surface area contributed by atoms with E-state index < -0.39 is 18.1 Å². The minimum Gasteiger partial charge on any atom is -0.384 e. The highest BCUT2D eigenvalue weighted by Gasteiger charge is 2.39. The van der Waals surface area contributed by atoms with Gasteiger partial charge >= 0.3 is 6.11 Å². The molecule has 0 aromatic rings. The summed E-state index contributed by atoms with van der Waals surface area (Å²) in [6, 6.07) is 0. The molecule has 1 N–H and O–H groups in total. The number of hydrogen-bond donors (Lipinski definition) is 1. The summed E-state index contributed by atoms with van der Waals surface area (Å²) >= 11 is 0. The summed E-state index contributed by atoms with van der Waals surface area (Å²) in [7, 11) is 0. The average Bonchev–Trinajstić information content (AvgIpc) is 1.62. The van der Waals surface area contributed by atoms with Crippen LogP contribution < -0.4 is 0 Å². The Kier molecular flexibility index (Phi) is 2.51. The molecule has 55 valence electrons. The molecule has 0 aromatic carbocycles. The Labute approximate surface area is 52.1 Å². The lowest BCUT2D eigenvalue weighted by atomic mass is 10.1. The van der Waals surface area contributed by atoms with Crippen LogP contribution >= 0.6 is 0 Å². The molecule has 1 unspecified atom stereocenters. The van der Waals surface area contributed by atoms with Crippen molar-refractivity contribution in [2.75, 3.05) is 0 Å². The van der Waals surface area contributed by atoms with Gasteiger partial charge in [-0.1, -0.05) is 13.8 Å². The molecule has 0 aliphatic heterocycles. The van der Waals surface area contributed by atoms with Crippen molar-refractivity contribution in [3.63, 3.8) is 0 Å². The molecular formula is C5H9F2O2. The summed E-state index contributed by atoms with van der Waals surface area (Å²) in [6.45, 7) is 2.72. The summed E-state index contributed by atoms with van der Waals surface area (Å²) in [5, 5.41) is 18.1. The molecule has 9 heavy (non-hydrogen) atoms. The highest BCUT2D eigenvalue weighted by Crippen LogP contribution is 2.20. The van der Waals surface area contributed by atoms with E-state index in [4.69, 9.17) is 5.11 Å². The fourth-order valence-electron chi connectivity index (χ4n) is 0.388. The summed E-state index contributed by atoms with van der Waals surface area (Å²) in [5.41, 5.74) is 0. The molecule has 0 bridgehead atoms. The maximum Gasteiger partial charge on any atom is 0.406 e. The van der Waals surface area contributed by atoms with Crippen LogP contribution in [0.1, 0.15) is 13.8 Å². The number of alkyl halides is 2. The third-order valence-electron chi connectivity index (χ3n) is 0.976. The second kappa shape index (κ2) is 2.58. The van der Waals surface area contributed by atoms with Gasteiger partial charge in [-0.05, 0) is 5.92 Å². The van der Waals surface area contributed by atoms with E-state index in [0.29, 0.717) is 0 Å². The van der Waals surface area contributed by atoms with Crippen LogP contribution in [0.25, 0.3) is 0 Å². The zero-order valence-electron chi connectivity index (χ0n) is 5.27. The fraction of sp³-hybridized carbons (Fsp3) is 1.00. The second-order valence-electron chi connectivity index (χ2n) is 2.25. The smallest absolute Gasteiger partial charge is 0.384 e. The molecule has 0 aliphatic rings. The SMILES string of the molecule is CC(C)C(O)C([O])(F)F. The fourth-order valence-corrected chi connectivity index (χ4v) is 0.388. The van der Waals surface area contributed by atoms with Gasteiger partial charge in [-0.15, -0.1) is 0 Å². The van der Waals surface area contributed by atoms with Crippen molar-refractivity contribution in [1.29, 1.82) is 0 Å². The second-order valence-corrected chi connectivity index (χ2v) is 2.25. The van der Waals surface area contributed by atoms with Gasteiger partial charge in [0.05, 0.1) is 0 Å². The van der Waals surface area contributed by atoms with Crippen LogP contribution in [0.4, 0.5) is 8.78 Å². The van der Waals surface area contributed by atoms with E-state index >= 15 is 0 Å². The summed E-state index contributed by atoms with van der Waals surface area (Å²) in [4.78, 5) is 0. The molecule has 0 spiro atoms. The van der Waals surface area contributed by atoms with E-state index in [9.17, 15) is 13.9 Å². The molecule has 0 saturated carbocycles. The average molecular weight is 139 g/mol. The highest BCUT2D eigenvalue weighted by molar-refractivity contribution is 4.66. The van der Waals surface area contributed by atoms with Gasteiger partial charge in [-0.2, -0.15) is 13.9 Å². The van der Waals surface area contributed by atoms with Crippen molar-refractivity contribution in [2.45, 2.75) is 26.1 Å². The monoisotopic (exact) mass is 139 g/mol. The van der Waals surface area contributed by atoms with Gasteiger partial charge in [0.2, 0.25) is 0 Å². The first-order valence-electron chi connectivity index (χ1n) is 2.62. The normalized spacial score (nSPS) is 16.3. The molecule has 0 saturated heterocycles. The van der Waals surface area contributed by atoms with Crippen LogP contribution in [-0.2, 0) is 5.11 Å². The van der Waals surface area contributed by atoms with Crippen molar-refractivity contribution in [3.05, 3.63) is 0 Å². The number of rotatable bonds is 2. The van der Waals surface area contributed by atoms with Gasteiger partial charge in [0.25, 0.3) is 0 Å². The predicted octanol–water partition coefficient (Wildman–Crippen LogP) is 1.03. The van der Waals surface area contributed by atoms with Crippen molar-refractivity contribution in [1.82, 2.24) is 0 Å². The predicted molar refractivity (Wildman–Crippen MR) is 26.5 cm³/mol. The van der Waals surface area contributed by atoms with Gasteiger partial charge in [-0.3, -0.25) is 0 Å². The van der Waals surface area contributed by atoms with Crippen LogP contribution in [0.5, 0.6) is 0 Å². The molecule has 4 heteroatoms. The van der Waals surface area contributed by atoms with E-state index in [1.54, 1.807) is 0 Å².